The van der Waals surface area contributed by atoms with E-state index >= 15 is 0 Å². The highest BCUT2D eigenvalue weighted by Gasteiger charge is 1.75. The lowest BCUT2D eigenvalue weighted by atomic mass is 10.2. The summed E-state index contributed by atoms with van der Waals surface area (Å²) in [7, 11) is 0. The molecule has 0 aliphatic heterocycles. The van der Waals surface area contributed by atoms with Crippen LogP contribution in [0.5, 0.6) is 0 Å². The van der Waals surface area contributed by atoms with Gasteiger partial charge in [0.2, 0.25) is 0 Å². The summed E-state index contributed by atoms with van der Waals surface area (Å²) in [6.07, 6.45) is 5.54. The minimum atomic E-state index is 0. The number of unbranched alkanes of at least 4 members (excludes halogenated alkanes) is 3. The Bertz CT molecular complexity index is 12.0. The molecule has 0 atom stereocenters. The summed E-state index contributed by atoms with van der Waals surface area (Å²) >= 11 is 0. The fourth-order valence-corrected chi connectivity index (χ4v) is 0.500. The molecule has 0 rings (SSSR count). The first kappa shape index (κ1) is 58.1. The van der Waals surface area contributed by atoms with Crippen molar-refractivity contribution in [1.29, 1.82) is 0 Å². The van der Waals surface area contributed by atoms with Crippen LogP contribution in [0, 0.1) is 0 Å². The standard InChI is InChI=1S/C6H14.6CH4/c1-3-5-6-4-2;;;;;;/h3-6H2,1-2H3;6*1H4. The highest BCUT2D eigenvalue weighted by molar-refractivity contribution is 4.31. The summed E-state index contributed by atoms with van der Waals surface area (Å²) in [4.78, 5) is 0. The number of hydrogen-bond acceptors (Lipinski definition) is 0. The molecule has 0 bridgehead atoms. The molecule has 0 aliphatic rings. The van der Waals surface area contributed by atoms with E-state index < -0.39 is 0 Å². The zero-order valence-electron chi connectivity index (χ0n) is 4.83. The Morgan fingerprint density at radius 3 is 0.750 bits per heavy atom. The van der Waals surface area contributed by atoms with Gasteiger partial charge in [-0.15, -0.1) is 0 Å². The van der Waals surface area contributed by atoms with Crippen molar-refractivity contribution in [2.75, 3.05) is 0 Å². The molecule has 0 saturated heterocycles. The van der Waals surface area contributed by atoms with E-state index in [4.69, 9.17) is 0 Å². The number of rotatable bonds is 3. The summed E-state index contributed by atoms with van der Waals surface area (Å²) in [5, 5.41) is 0. The molecule has 0 heterocycles. The van der Waals surface area contributed by atoms with E-state index in [-0.39, 0.29) is 44.6 Å². The van der Waals surface area contributed by atoms with Gasteiger partial charge in [-0.2, -0.15) is 0 Å². The normalized spacial score (nSPS) is 4.50. The van der Waals surface area contributed by atoms with Crippen LogP contribution in [-0.2, 0) is 0 Å². The van der Waals surface area contributed by atoms with Crippen molar-refractivity contribution in [2.45, 2.75) is 84.1 Å². The van der Waals surface area contributed by atoms with E-state index in [1.807, 2.05) is 0 Å². The maximum absolute atomic E-state index is 2.23. The molecule has 0 saturated carbocycles. The highest BCUT2D eigenvalue weighted by Crippen LogP contribution is 1.95. The van der Waals surface area contributed by atoms with Crippen LogP contribution in [-0.4, -0.2) is 0 Å². The predicted octanol–water partition coefficient (Wildman–Crippen LogP) is 6.40. The topological polar surface area (TPSA) is 0 Å². The van der Waals surface area contributed by atoms with Gasteiger partial charge in [0.05, 0.1) is 0 Å². The third-order valence-corrected chi connectivity index (χ3v) is 0.957. The molecule has 86 valence electrons. The molecule has 0 aliphatic carbocycles. The molecule has 0 aromatic rings. The van der Waals surface area contributed by atoms with Crippen molar-refractivity contribution in [2.24, 2.45) is 0 Å². The molecule has 0 aromatic heterocycles. The average molecular weight is 182 g/mol. The van der Waals surface area contributed by atoms with Crippen molar-refractivity contribution in [3.05, 3.63) is 0 Å². The van der Waals surface area contributed by atoms with Crippen molar-refractivity contribution in [3.63, 3.8) is 0 Å². The first-order valence-electron chi connectivity index (χ1n) is 2.91. The van der Waals surface area contributed by atoms with Gasteiger partial charge in [0, 0.05) is 0 Å². The van der Waals surface area contributed by atoms with Gasteiger partial charge in [0.25, 0.3) is 0 Å². The average Bonchev–Trinajstić information content (AvgIpc) is 1.61. The Balaban J connectivity index is -0.00000000833. The fourth-order valence-electron chi connectivity index (χ4n) is 0.500. The third-order valence-electron chi connectivity index (χ3n) is 0.957. The summed E-state index contributed by atoms with van der Waals surface area (Å²) < 4.78 is 0. The second-order valence-electron chi connectivity index (χ2n) is 1.71. The first-order chi connectivity index (χ1) is 2.91. The van der Waals surface area contributed by atoms with Gasteiger partial charge < -0.3 is 0 Å². The lowest BCUT2D eigenvalue weighted by Crippen LogP contribution is -1.66. The molecule has 0 radical (unpaired) electrons. The quantitative estimate of drug-likeness (QED) is 0.443. The van der Waals surface area contributed by atoms with Crippen LogP contribution in [0.2, 0.25) is 0 Å². The first-order valence-corrected chi connectivity index (χ1v) is 2.91. The Labute approximate surface area is 84.8 Å². The zero-order chi connectivity index (χ0) is 4.83. The molecular weight excluding hydrogens is 144 g/mol. The van der Waals surface area contributed by atoms with E-state index in [1.165, 1.54) is 25.7 Å². The van der Waals surface area contributed by atoms with Crippen molar-refractivity contribution < 1.29 is 0 Å². The van der Waals surface area contributed by atoms with Crippen LogP contribution in [0.3, 0.4) is 0 Å². The maximum atomic E-state index is 2.23. The molecule has 12 heavy (non-hydrogen) atoms. The van der Waals surface area contributed by atoms with Gasteiger partial charge in [-0.1, -0.05) is 84.1 Å². The molecule has 0 amide bonds. The Morgan fingerprint density at radius 2 is 0.667 bits per heavy atom. The summed E-state index contributed by atoms with van der Waals surface area (Å²) in [6, 6.07) is 0. The van der Waals surface area contributed by atoms with Crippen LogP contribution < -0.4 is 0 Å². The van der Waals surface area contributed by atoms with Gasteiger partial charge >= 0.3 is 0 Å². The van der Waals surface area contributed by atoms with E-state index in [2.05, 4.69) is 13.8 Å². The number of hydrogen-bond donors (Lipinski definition) is 0. The van der Waals surface area contributed by atoms with Crippen LogP contribution in [0.25, 0.3) is 0 Å². The maximum Gasteiger partial charge on any atom is -0.0536 e. The minimum Gasteiger partial charge on any atom is -0.0776 e. The second-order valence-corrected chi connectivity index (χ2v) is 1.71. The Morgan fingerprint density at radius 1 is 0.500 bits per heavy atom. The van der Waals surface area contributed by atoms with E-state index in [0.717, 1.165) is 0 Å². The molecule has 0 fully saturated rings. The Hall–Kier alpha value is 0. The van der Waals surface area contributed by atoms with E-state index in [1.54, 1.807) is 0 Å². The summed E-state index contributed by atoms with van der Waals surface area (Å²) in [5.41, 5.74) is 0. The van der Waals surface area contributed by atoms with Crippen molar-refractivity contribution in [3.8, 4) is 0 Å². The lowest BCUT2D eigenvalue weighted by Gasteiger charge is -1.86. The van der Waals surface area contributed by atoms with Gasteiger partial charge in [-0.05, 0) is 0 Å². The van der Waals surface area contributed by atoms with Crippen LogP contribution >= 0.6 is 0 Å². The zero-order valence-corrected chi connectivity index (χ0v) is 4.83. The molecule has 0 heteroatoms. The third kappa shape index (κ3) is 90.0. The van der Waals surface area contributed by atoms with Gasteiger partial charge in [-0.25, -0.2) is 0 Å². The molecule has 0 unspecified atom stereocenters. The smallest absolute Gasteiger partial charge is 0.0536 e. The fraction of sp³-hybridized carbons (Fsp3) is 1.00. The van der Waals surface area contributed by atoms with Gasteiger partial charge in [0.15, 0.2) is 0 Å². The monoisotopic (exact) mass is 182 g/mol. The minimum absolute atomic E-state index is 0. The van der Waals surface area contributed by atoms with Crippen molar-refractivity contribution in [1.82, 2.24) is 0 Å². The molecule has 0 N–H and O–H groups in total. The molecule has 0 nitrogen and oxygen atoms in total. The second kappa shape index (κ2) is 68.8. The van der Waals surface area contributed by atoms with E-state index in [0.29, 0.717) is 0 Å². The van der Waals surface area contributed by atoms with Crippen LogP contribution in [0.1, 0.15) is 84.1 Å². The molecule has 0 spiro atoms. The van der Waals surface area contributed by atoms with E-state index in [9.17, 15) is 0 Å². The predicted molar refractivity (Wildman–Crippen MR) is 70.2 cm³/mol. The summed E-state index contributed by atoms with van der Waals surface area (Å²) in [6.45, 7) is 4.46. The van der Waals surface area contributed by atoms with Gasteiger partial charge in [0.1, 0.15) is 0 Å². The summed E-state index contributed by atoms with van der Waals surface area (Å²) in [5.74, 6) is 0. The highest BCUT2D eigenvalue weighted by atomic mass is 13.8. The lowest BCUT2D eigenvalue weighted by molar-refractivity contribution is 0.702. The molecular formula is C12H38. The van der Waals surface area contributed by atoms with Crippen LogP contribution in [0.4, 0.5) is 0 Å². The Kier molecular flexibility index (Phi) is 333. The van der Waals surface area contributed by atoms with Gasteiger partial charge in [-0.3, -0.25) is 0 Å². The largest absolute Gasteiger partial charge is 0.0776 e. The van der Waals surface area contributed by atoms with Crippen LogP contribution in [0.15, 0.2) is 0 Å². The SMILES string of the molecule is C.C.C.C.C.C.CCCCCC. The van der Waals surface area contributed by atoms with Crippen molar-refractivity contribution >= 4 is 0 Å². The molecule has 0 aromatic carbocycles.